The normalized spacial score (nSPS) is 26.4. The topological polar surface area (TPSA) is 74.6 Å². The summed E-state index contributed by atoms with van der Waals surface area (Å²) in [6, 6.07) is 5.84. The molecule has 10 heteroatoms. The van der Waals surface area contributed by atoms with Crippen LogP contribution >= 0.6 is 0 Å². The maximum atomic E-state index is 16.8. The minimum Gasteiger partial charge on any atom is -0.508 e. The lowest BCUT2D eigenvalue weighted by molar-refractivity contribution is 0.107. The summed E-state index contributed by atoms with van der Waals surface area (Å²) in [7, 11) is 0. The molecule has 1 N–H and O–H groups in total. The van der Waals surface area contributed by atoms with Gasteiger partial charge >= 0.3 is 6.01 Å². The van der Waals surface area contributed by atoms with Crippen molar-refractivity contribution in [1.29, 1.82) is 0 Å². The lowest BCUT2D eigenvalue weighted by Gasteiger charge is -2.31. The van der Waals surface area contributed by atoms with E-state index < -0.39 is 23.3 Å². The predicted octanol–water partition coefficient (Wildman–Crippen LogP) is 6.14. The van der Waals surface area contributed by atoms with E-state index in [4.69, 9.17) is 16.1 Å². The fraction of sp³-hybridized carbons (Fsp3) is 0.441. The van der Waals surface area contributed by atoms with Crippen molar-refractivity contribution in [2.24, 2.45) is 5.92 Å². The third-order valence-corrected chi connectivity index (χ3v) is 10.1. The number of anilines is 1. The van der Waals surface area contributed by atoms with Gasteiger partial charge in [-0.05, 0) is 68.2 Å². The standard InChI is InChI=1S/C34H32F3N5O2/c1-2-23-26(36)8-7-20-12-22(43)14-24(28(20)23)30-29(37)31-25(16-38-30)32(42-11-4-3-6-19-13-27(19)42)40-33(39-31)44-18-34-9-5-10-41(34)17-21(35)15-34/h1,7-8,12,14,16,19,21,27,43H,3-6,9-11,13,15,17-18H2/t19?,21-,27?,34+/m1/s1. The number of hydrogen-bond acceptors (Lipinski definition) is 7. The fourth-order valence-electron chi connectivity index (χ4n) is 7.93. The lowest BCUT2D eigenvalue weighted by atomic mass is 9.95. The van der Waals surface area contributed by atoms with Crippen LogP contribution in [0.1, 0.15) is 50.5 Å². The highest BCUT2D eigenvalue weighted by atomic mass is 19.1. The van der Waals surface area contributed by atoms with Crippen LogP contribution in [0, 0.1) is 29.9 Å². The number of alkyl halides is 1. The zero-order chi connectivity index (χ0) is 30.2. The smallest absolute Gasteiger partial charge is 0.319 e. The van der Waals surface area contributed by atoms with Gasteiger partial charge in [-0.15, -0.1) is 6.42 Å². The number of halogens is 3. The Kier molecular flexibility index (Phi) is 6.38. The molecule has 4 atom stereocenters. The van der Waals surface area contributed by atoms with Crippen LogP contribution in [-0.2, 0) is 0 Å². The number of ether oxygens (including phenoxy) is 1. The SMILES string of the molecule is C#Cc1c(F)ccc2cc(O)cc(-c3ncc4c(N5CCCCC6CC65)nc(OC[C@@]56CCCN5C[C@H](F)C6)nc4c3F)c12. The molecule has 0 radical (unpaired) electrons. The Hall–Kier alpha value is -4.10. The maximum absolute atomic E-state index is 16.8. The minimum atomic E-state index is -0.906. The van der Waals surface area contributed by atoms with Crippen molar-refractivity contribution < 1.29 is 23.0 Å². The molecule has 2 aromatic carbocycles. The van der Waals surface area contributed by atoms with E-state index >= 15 is 4.39 Å². The van der Waals surface area contributed by atoms with Crippen molar-refractivity contribution >= 4 is 27.5 Å². The number of phenolic OH excluding ortho intramolecular Hbond substituents is 1. The number of aromatic hydroxyl groups is 1. The first-order valence-electron chi connectivity index (χ1n) is 15.4. The molecule has 4 aromatic rings. The van der Waals surface area contributed by atoms with E-state index in [0.29, 0.717) is 41.5 Å². The average molecular weight is 600 g/mol. The summed E-state index contributed by atoms with van der Waals surface area (Å²) < 4.78 is 52.2. The third-order valence-electron chi connectivity index (χ3n) is 10.1. The minimum absolute atomic E-state index is 0.0159. The number of nitrogens with zero attached hydrogens (tertiary/aromatic N) is 5. The molecule has 4 aliphatic rings. The molecule has 0 bridgehead atoms. The van der Waals surface area contributed by atoms with E-state index in [0.717, 1.165) is 51.6 Å². The number of rotatable bonds is 5. The summed E-state index contributed by atoms with van der Waals surface area (Å²) >= 11 is 0. The molecule has 226 valence electrons. The molecule has 1 aliphatic carbocycles. The molecule has 0 amide bonds. The van der Waals surface area contributed by atoms with Gasteiger partial charge in [-0.1, -0.05) is 18.4 Å². The Morgan fingerprint density at radius 3 is 2.89 bits per heavy atom. The molecule has 7 nitrogen and oxygen atoms in total. The Morgan fingerprint density at radius 1 is 1.14 bits per heavy atom. The lowest BCUT2D eigenvalue weighted by Crippen LogP contribution is -2.43. The van der Waals surface area contributed by atoms with Crippen molar-refractivity contribution in [3.8, 4) is 35.4 Å². The van der Waals surface area contributed by atoms with Crippen LogP contribution in [0.25, 0.3) is 32.9 Å². The van der Waals surface area contributed by atoms with Crippen LogP contribution in [-0.4, -0.2) is 69.0 Å². The molecule has 5 heterocycles. The second kappa shape index (κ2) is 10.2. The van der Waals surface area contributed by atoms with Crippen molar-refractivity contribution in [3.63, 3.8) is 0 Å². The summed E-state index contributed by atoms with van der Waals surface area (Å²) in [6.45, 7) is 2.21. The monoisotopic (exact) mass is 599 g/mol. The van der Waals surface area contributed by atoms with Crippen LogP contribution in [0.2, 0.25) is 0 Å². The predicted molar refractivity (Wildman–Crippen MR) is 161 cm³/mol. The number of pyridine rings is 1. The molecular formula is C34H32F3N5O2. The zero-order valence-corrected chi connectivity index (χ0v) is 24.2. The van der Waals surface area contributed by atoms with Crippen LogP contribution in [0.5, 0.6) is 11.8 Å². The van der Waals surface area contributed by atoms with Crippen LogP contribution in [0.15, 0.2) is 30.5 Å². The number of benzene rings is 2. The number of phenols is 1. The van der Waals surface area contributed by atoms with Crippen molar-refractivity contribution in [3.05, 3.63) is 47.7 Å². The molecule has 3 aliphatic heterocycles. The van der Waals surface area contributed by atoms with Gasteiger partial charge in [0.2, 0.25) is 0 Å². The largest absolute Gasteiger partial charge is 0.508 e. The average Bonchev–Trinajstić information content (AvgIpc) is 3.62. The second-order valence-corrected chi connectivity index (χ2v) is 12.8. The fourth-order valence-corrected chi connectivity index (χ4v) is 7.93. The molecule has 0 spiro atoms. The molecule has 3 saturated heterocycles. The molecule has 44 heavy (non-hydrogen) atoms. The molecule has 8 rings (SSSR count). The second-order valence-electron chi connectivity index (χ2n) is 12.8. The summed E-state index contributed by atoms with van der Waals surface area (Å²) in [5.74, 6) is 2.01. The number of aromatic nitrogens is 3. The van der Waals surface area contributed by atoms with Crippen molar-refractivity contribution in [2.45, 2.75) is 62.7 Å². The molecular weight excluding hydrogens is 567 g/mol. The highest BCUT2D eigenvalue weighted by Gasteiger charge is 2.49. The van der Waals surface area contributed by atoms with E-state index in [1.54, 1.807) is 6.20 Å². The van der Waals surface area contributed by atoms with Gasteiger partial charge in [0.1, 0.15) is 41.4 Å². The van der Waals surface area contributed by atoms with Gasteiger partial charge in [0, 0.05) is 42.7 Å². The first-order valence-corrected chi connectivity index (χ1v) is 15.4. The Balaban J connectivity index is 1.28. The van der Waals surface area contributed by atoms with Crippen LogP contribution in [0.3, 0.4) is 0 Å². The van der Waals surface area contributed by atoms with Crippen LogP contribution in [0.4, 0.5) is 19.0 Å². The van der Waals surface area contributed by atoms with Crippen LogP contribution < -0.4 is 9.64 Å². The van der Waals surface area contributed by atoms with E-state index in [1.165, 1.54) is 24.3 Å². The summed E-state index contributed by atoms with van der Waals surface area (Å²) in [5, 5.41) is 11.7. The van der Waals surface area contributed by atoms with Gasteiger partial charge in [0.05, 0.1) is 16.5 Å². The van der Waals surface area contributed by atoms with E-state index in [-0.39, 0.29) is 46.1 Å². The molecule has 1 saturated carbocycles. The van der Waals surface area contributed by atoms with Gasteiger partial charge in [-0.25, -0.2) is 13.2 Å². The molecule has 2 aromatic heterocycles. The Morgan fingerprint density at radius 2 is 2.02 bits per heavy atom. The van der Waals surface area contributed by atoms with Crippen molar-refractivity contribution in [1.82, 2.24) is 19.9 Å². The summed E-state index contributed by atoms with van der Waals surface area (Å²) in [4.78, 5) is 18.3. The maximum Gasteiger partial charge on any atom is 0.319 e. The van der Waals surface area contributed by atoms with Gasteiger partial charge in [0.25, 0.3) is 0 Å². The zero-order valence-electron chi connectivity index (χ0n) is 24.2. The first-order chi connectivity index (χ1) is 21.3. The summed E-state index contributed by atoms with van der Waals surface area (Å²) in [6.07, 6.45) is 12.8. The summed E-state index contributed by atoms with van der Waals surface area (Å²) in [5.41, 5.74) is -0.402. The number of hydrogen-bond donors (Lipinski definition) is 1. The van der Waals surface area contributed by atoms with E-state index in [9.17, 15) is 13.9 Å². The van der Waals surface area contributed by atoms with Crippen molar-refractivity contribution in [2.75, 3.05) is 31.1 Å². The van der Waals surface area contributed by atoms with E-state index in [2.05, 4.69) is 25.7 Å². The highest BCUT2D eigenvalue weighted by molar-refractivity contribution is 6.03. The molecule has 4 fully saturated rings. The van der Waals surface area contributed by atoms with E-state index in [1.807, 2.05) is 0 Å². The third kappa shape index (κ3) is 4.35. The van der Waals surface area contributed by atoms with Gasteiger partial charge in [0.15, 0.2) is 5.82 Å². The first kappa shape index (κ1) is 27.4. The number of fused-ring (bicyclic) bond motifs is 4. The Bertz CT molecular complexity index is 1860. The van der Waals surface area contributed by atoms with Gasteiger partial charge in [-0.2, -0.15) is 9.97 Å². The molecule has 2 unspecified atom stereocenters. The quantitative estimate of drug-likeness (QED) is 0.276. The highest BCUT2D eigenvalue weighted by Crippen LogP contribution is 2.46. The Labute approximate surface area is 253 Å². The van der Waals surface area contributed by atoms with Gasteiger partial charge in [-0.3, -0.25) is 9.88 Å². The van der Waals surface area contributed by atoms with Gasteiger partial charge < -0.3 is 14.7 Å². The number of terminal acetylenes is 1.